The van der Waals surface area contributed by atoms with Crippen molar-refractivity contribution in [3.05, 3.63) is 77.9 Å². The second-order valence-electron chi connectivity index (χ2n) is 11.4. The third kappa shape index (κ3) is 6.05. The zero-order valence-electron chi connectivity index (χ0n) is 23.2. The summed E-state index contributed by atoms with van der Waals surface area (Å²) in [5.74, 6) is -0.258. The smallest absolute Gasteiger partial charge is 0.408 e. The zero-order chi connectivity index (χ0) is 29.4. The number of ether oxygens (including phenoxy) is 1. The highest BCUT2D eigenvalue weighted by atomic mass is 19.4. The Kier molecular flexibility index (Phi) is 7.51. The fourth-order valence-corrected chi connectivity index (χ4v) is 6.13. The highest BCUT2D eigenvalue weighted by molar-refractivity contribution is 5.89. The molecule has 2 saturated carbocycles. The molecule has 2 aliphatic rings. The van der Waals surface area contributed by atoms with Gasteiger partial charge in [-0.2, -0.15) is 18.3 Å². The summed E-state index contributed by atoms with van der Waals surface area (Å²) in [6, 6.07) is 15.6. The van der Waals surface area contributed by atoms with Crippen LogP contribution in [0, 0.1) is 5.92 Å². The molecule has 2 aliphatic carbocycles. The van der Waals surface area contributed by atoms with Crippen LogP contribution in [0.2, 0.25) is 0 Å². The van der Waals surface area contributed by atoms with Gasteiger partial charge in [0.1, 0.15) is 17.9 Å². The lowest BCUT2D eigenvalue weighted by atomic mass is 9.86. The summed E-state index contributed by atoms with van der Waals surface area (Å²) in [5.41, 5.74) is 3.52. The highest BCUT2D eigenvalue weighted by Crippen LogP contribution is 2.55. The predicted octanol–water partition coefficient (Wildman–Crippen LogP) is 7.01. The molecule has 0 amide bonds. The maximum absolute atomic E-state index is 12.8. The van der Waals surface area contributed by atoms with Crippen molar-refractivity contribution in [1.29, 1.82) is 0 Å². The Hall–Kier alpha value is -4.15. The van der Waals surface area contributed by atoms with Crippen LogP contribution in [-0.2, 0) is 6.54 Å². The lowest BCUT2D eigenvalue weighted by molar-refractivity contribution is -0.142. The molecule has 0 bridgehead atoms. The van der Waals surface area contributed by atoms with Crippen LogP contribution in [0.1, 0.15) is 79.0 Å². The lowest BCUT2D eigenvalue weighted by Gasteiger charge is -2.28. The van der Waals surface area contributed by atoms with E-state index in [0.29, 0.717) is 29.4 Å². The highest BCUT2D eigenvalue weighted by Gasteiger charge is 2.46. The molecule has 1 N–H and O–H groups in total. The number of alkyl halides is 3. The number of aromatic carboxylic acids is 1. The van der Waals surface area contributed by atoms with Crippen LogP contribution in [0.25, 0.3) is 16.8 Å². The quantitative estimate of drug-likeness (QED) is 0.229. The Balaban J connectivity index is 1.25. The van der Waals surface area contributed by atoms with Crippen LogP contribution in [0.15, 0.2) is 60.9 Å². The number of halogens is 3. The van der Waals surface area contributed by atoms with E-state index in [1.165, 1.54) is 44.5 Å². The molecule has 2 aromatic carbocycles. The van der Waals surface area contributed by atoms with Gasteiger partial charge in [-0.1, -0.05) is 48.7 Å². The summed E-state index contributed by atoms with van der Waals surface area (Å²) >= 11 is 0. The normalized spacial score (nSPS) is 19.9. The molecule has 0 aliphatic heterocycles. The van der Waals surface area contributed by atoms with Crippen LogP contribution in [-0.4, -0.2) is 48.1 Å². The first-order valence-corrected chi connectivity index (χ1v) is 14.3. The van der Waals surface area contributed by atoms with E-state index < -0.39 is 18.7 Å². The molecule has 8 nitrogen and oxygen atoms in total. The predicted molar refractivity (Wildman–Crippen MR) is 149 cm³/mol. The molecule has 220 valence electrons. The molecule has 0 radical (unpaired) electrons. The van der Waals surface area contributed by atoms with Gasteiger partial charge in [0.25, 0.3) is 0 Å². The number of carboxylic acid groups (broad SMARTS) is 1. The minimum Gasteiger partial charge on any atom is -0.490 e. The monoisotopic (exact) mass is 579 g/mol. The van der Waals surface area contributed by atoms with Crippen LogP contribution >= 0.6 is 0 Å². The Bertz CT molecular complexity index is 1570. The Morgan fingerprint density at radius 2 is 1.81 bits per heavy atom. The average molecular weight is 580 g/mol. The van der Waals surface area contributed by atoms with Gasteiger partial charge >= 0.3 is 12.1 Å². The number of hydrogen-bond donors (Lipinski definition) is 1. The van der Waals surface area contributed by atoms with Crippen molar-refractivity contribution in [2.24, 2.45) is 5.92 Å². The second-order valence-corrected chi connectivity index (χ2v) is 11.4. The summed E-state index contributed by atoms with van der Waals surface area (Å²) in [4.78, 5) is 12.1. The summed E-state index contributed by atoms with van der Waals surface area (Å²) in [6.07, 6.45) is 5.06. The molecule has 42 heavy (non-hydrogen) atoms. The number of carboxylic acids is 1. The van der Waals surface area contributed by atoms with Gasteiger partial charge in [0.05, 0.1) is 29.4 Å². The number of nitrogens with zero attached hydrogens (tertiary/aromatic N) is 5. The van der Waals surface area contributed by atoms with E-state index >= 15 is 0 Å². The van der Waals surface area contributed by atoms with Crippen molar-refractivity contribution in [1.82, 2.24) is 24.8 Å². The van der Waals surface area contributed by atoms with Crippen LogP contribution in [0.4, 0.5) is 13.2 Å². The van der Waals surface area contributed by atoms with E-state index in [2.05, 4.69) is 22.3 Å². The van der Waals surface area contributed by atoms with Crippen LogP contribution in [0.5, 0.6) is 5.75 Å². The summed E-state index contributed by atoms with van der Waals surface area (Å²) in [5, 5.41) is 21.9. The number of rotatable bonds is 9. The fourth-order valence-electron chi connectivity index (χ4n) is 6.13. The first-order chi connectivity index (χ1) is 20.2. The Labute approximate surface area is 241 Å². The van der Waals surface area contributed by atoms with Crippen molar-refractivity contribution in [2.45, 2.75) is 76.1 Å². The van der Waals surface area contributed by atoms with Gasteiger partial charge in [-0.05, 0) is 67.5 Å². The first-order valence-electron chi connectivity index (χ1n) is 14.3. The molecule has 3 atom stereocenters. The van der Waals surface area contributed by atoms with Crippen LogP contribution in [0.3, 0.4) is 0 Å². The van der Waals surface area contributed by atoms with Crippen molar-refractivity contribution in [3.8, 4) is 22.6 Å². The van der Waals surface area contributed by atoms with E-state index in [1.807, 2.05) is 48.5 Å². The van der Waals surface area contributed by atoms with Crippen molar-refractivity contribution >= 4 is 5.97 Å². The van der Waals surface area contributed by atoms with Gasteiger partial charge in [-0.25, -0.2) is 14.2 Å². The number of carbonyl (C=O) groups is 1. The van der Waals surface area contributed by atoms with E-state index in [1.54, 1.807) is 4.68 Å². The molecule has 6 rings (SSSR count). The van der Waals surface area contributed by atoms with Gasteiger partial charge < -0.3 is 9.84 Å². The van der Waals surface area contributed by atoms with Gasteiger partial charge in [-0.3, -0.25) is 0 Å². The molecule has 11 heteroatoms. The molecule has 0 saturated heterocycles. The zero-order valence-corrected chi connectivity index (χ0v) is 23.2. The molecule has 2 aromatic heterocycles. The van der Waals surface area contributed by atoms with E-state index in [0.717, 1.165) is 21.6 Å². The molecule has 4 aromatic rings. The minimum absolute atomic E-state index is 0.0580. The standard InChI is InChI=1S/C31H32F3N5O3/c1-19(20-7-3-2-4-8-20)42-24-12-6-10-22(14-24)21-9-5-11-23(13-21)39-29(27(16-35-39)30(40)41)26-15-25(26)28-17-38(37-36-28)18-31(32,33)34/h5-6,9-14,16-17,19-20,25-26H,2-4,7-8,15,18H2,1H3,(H,40,41)/t19-,25+,26+/m0/s1. The molecular weight excluding hydrogens is 547 g/mol. The SMILES string of the molecule is C[C@H](Oc1cccc(-c2cccc(-n3ncc(C(=O)O)c3[C@@H]3C[C@H]3c3cn(CC(F)(F)F)nn3)c2)c1)C1CCCCC1. The van der Waals surface area contributed by atoms with Gasteiger partial charge in [0, 0.05) is 18.0 Å². The molecule has 0 unspecified atom stereocenters. The van der Waals surface area contributed by atoms with E-state index in [-0.39, 0.29) is 23.5 Å². The van der Waals surface area contributed by atoms with Gasteiger partial charge in [-0.15, -0.1) is 5.10 Å². The third-order valence-electron chi connectivity index (χ3n) is 8.35. The average Bonchev–Trinajstić information content (AvgIpc) is 3.39. The molecule has 0 spiro atoms. The van der Waals surface area contributed by atoms with Crippen molar-refractivity contribution in [2.75, 3.05) is 0 Å². The number of aromatic nitrogens is 5. The minimum atomic E-state index is -4.41. The lowest BCUT2D eigenvalue weighted by Crippen LogP contribution is -2.25. The Morgan fingerprint density at radius 1 is 1.07 bits per heavy atom. The van der Waals surface area contributed by atoms with Crippen molar-refractivity contribution in [3.63, 3.8) is 0 Å². The number of hydrogen-bond acceptors (Lipinski definition) is 5. The Morgan fingerprint density at radius 3 is 2.55 bits per heavy atom. The summed E-state index contributed by atoms with van der Waals surface area (Å²) in [6.45, 7) is 0.915. The third-order valence-corrected chi connectivity index (χ3v) is 8.35. The van der Waals surface area contributed by atoms with E-state index in [4.69, 9.17) is 4.74 Å². The summed E-state index contributed by atoms with van der Waals surface area (Å²) < 4.78 is 47.1. The van der Waals surface area contributed by atoms with E-state index in [9.17, 15) is 23.1 Å². The maximum atomic E-state index is 12.8. The largest absolute Gasteiger partial charge is 0.490 e. The first kappa shape index (κ1) is 28.0. The summed E-state index contributed by atoms with van der Waals surface area (Å²) in [7, 11) is 0. The fraction of sp³-hybridized carbons (Fsp3) is 0.419. The van der Waals surface area contributed by atoms with Crippen molar-refractivity contribution < 1.29 is 27.8 Å². The second kappa shape index (κ2) is 11.3. The molecular formula is C31H32F3N5O3. The van der Waals surface area contributed by atoms with Gasteiger partial charge in [0.2, 0.25) is 0 Å². The molecule has 2 heterocycles. The maximum Gasteiger partial charge on any atom is 0.408 e. The topological polar surface area (TPSA) is 95.1 Å². The molecule has 2 fully saturated rings. The van der Waals surface area contributed by atoms with Crippen LogP contribution < -0.4 is 4.74 Å². The number of benzene rings is 2. The van der Waals surface area contributed by atoms with Gasteiger partial charge in [0.15, 0.2) is 0 Å².